The van der Waals surface area contributed by atoms with Crippen molar-refractivity contribution in [3.63, 3.8) is 0 Å². The molecule has 2 aliphatic heterocycles. The Kier molecular flexibility index (Phi) is 3.65. The molecular formula is C9H16N2O5S2. The van der Waals surface area contributed by atoms with Gasteiger partial charge in [-0.25, -0.2) is 16.8 Å². The van der Waals surface area contributed by atoms with E-state index in [2.05, 4.69) is 5.32 Å². The second-order valence-electron chi connectivity index (χ2n) is 4.58. The maximum atomic E-state index is 12.2. The van der Waals surface area contributed by atoms with Crippen LogP contribution in [0.15, 0.2) is 0 Å². The van der Waals surface area contributed by atoms with Gasteiger partial charge in [-0.1, -0.05) is 0 Å². The van der Waals surface area contributed by atoms with E-state index >= 15 is 0 Å². The lowest BCUT2D eigenvalue weighted by Crippen LogP contribution is -2.53. The third-order valence-corrected chi connectivity index (χ3v) is 7.35. The number of piperazine rings is 1. The van der Waals surface area contributed by atoms with Gasteiger partial charge in [0.25, 0.3) is 0 Å². The minimum Gasteiger partial charge on any atom is -0.354 e. The summed E-state index contributed by atoms with van der Waals surface area (Å²) in [6.07, 6.45) is 0.256. The van der Waals surface area contributed by atoms with Crippen LogP contribution in [0, 0.1) is 0 Å². The van der Waals surface area contributed by atoms with Crippen LogP contribution < -0.4 is 5.32 Å². The van der Waals surface area contributed by atoms with E-state index in [4.69, 9.17) is 0 Å². The maximum absolute atomic E-state index is 12.2. The highest BCUT2D eigenvalue weighted by atomic mass is 32.2. The van der Waals surface area contributed by atoms with Crippen molar-refractivity contribution < 1.29 is 21.6 Å². The van der Waals surface area contributed by atoms with Crippen LogP contribution in [0.1, 0.15) is 12.8 Å². The topological polar surface area (TPSA) is 101 Å². The Morgan fingerprint density at radius 2 is 1.83 bits per heavy atom. The van der Waals surface area contributed by atoms with Crippen LogP contribution >= 0.6 is 0 Å². The SMILES string of the molecule is O=C1CN(S(=O)(=O)C2CCS(=O)(=O)CC2)CCN1. The van der Waals surface area contributed by atoms with Crippen molar-refractivity contribution in [3.05, 3.63) is 0 Å². The molecule has 7 nitrogen and oxygen atoms in total. The summed E-state index contributed by atoms with van der Waals surface area (Å²) in [6.45, 7) is 0.409. The summed E-state index contributed by atoms with van der Waals surface area (Å²) in [7, 11) is -6.64. The van der Waals surface area contributed by atoms with Gasteiger partial charge in [0.1, 0.15) is 9.84 Å². The Bertz CT molecular complexity index is 525. The number of amides is 1. The minimum atomic E-state index is -3.56. The van der Waals surface area contributed by atoms with E-state index in [0.717, 1.165) is 4.31 Å². The van der Waals surface area contributed by atoms with Crippen LogP contribution in [-0.4, -0.2) is 63.4 Å². The number of carbonyl (C=O) groups excluding carboxylic acids is 1. The number of sulfonamides is 1. The smallest absolute Gasteiger partial charge is 0.235 e. The quantitative estimate of drug-likeness (QED) is 0.656. The van der Waals surface area contributed by atoms with E-state index in [1.54, 1.807) is 0 Å². The second-order valence-corrected chi connectivity index (χ2v) is 9.10. The molecule has 2 aliphatic rings. The van der Waals surface area contributed by atoms with Gasteiger partial charge >= 0.3 is 0 Å². The summed E-state index contributed by atoms with van der Waals surface area (Å²) < 4.78 is 48.2. The summed E-state index contributed by atoms with van der Waals surface area (Å²) in [5, 5.41) is 1.89. The van der Waals surface area contributed by atoms with Gasteiger partial charge < -0.3 is 5.32 Å². The predicted molar refractivity (Wildman–Crippen MR) is 65.2 cm³/mol. The minimum absolute atomic E-state index is 0.0864. The van der Waals surface area contributed by atoms with Crippen molar-refractivity contribution >= 4 is 25.8 Å². The standard InChI is InChI=1S/C9H16N2O5S2/c12-9-7-11(4-3-10-9)18(15,16)8-1-5-17(13,14)6-2-8/h8H,1-7H2,(H,10,12). The molecule has 0 unspecified atom stereocenters. The lowest BCUT2D eigenvalue weighted by atomic mass is 10.2. The summed E-state index contributed by atoms with van der Waals surface area (Å²) in [4.78, 5) is 11.2. The zero-order valence-electron chi connectivity index (χ0n) is 9.83. The van der Waals surface area contributed by atoms with Gasteiger partial charge in [0.05, 0.1) is 23.3 Å². The molecule has 0 atom stereocenters. The predicted octanol–water partition coefficient (Wildman–Crippen LogP) is -1.67. The van der Waals surface area contributed by atoms with Gasteiger partial charge in [0, 0.05) is 13.1 Å². The lowest BCUT2D eigenvalue weighted by molar-refractivity contribution is -0.122. The lowest BCUT2D eigenvalue weighted by Gasteiger charge is -2.31. The monoisotopic (exact) mass is 296 g/mol. The molecule has 1 amide bonds. The maximum Gasteiger partial charge on any atom is 0.235 e. The highest BCUT2D eigenvalue weighted by molar-refractivity contribution is 7.92. The number of carbonyl (C=O) groups is 1. The molecule has 9 heteroatoms. The summed E-state index contributed by atoms with van der Waals surface area (Å²) in [5.41, 5.74) is 0. The Balaban J connectivity index is 2.09. The van der Waals surface area contributed by atoms with Gasteiger partial charge in [-0.3, -0.25) is 4.79 Å². The molecule has 2 fully saturated rings. The van der Waals surface area contributed by atoms with Crippen molar-refractivity contribution in [3.8, 4) is 0 Å². The third-order valence-electron chi connectivity index (χ3n) is 3.29. The second kappa shape index (κ2) is 4.78. The van der Waals surface area contributed by atoms with Crippen molar-refractivity contribution in [1.29, 1.82) is 0 Å². The van der Waals surface area contributed by atoms with E-state index in [1.165, 1.54) is 0 Å². The molecule has 18 heavy (non-hydrogen) atoms. The summed E-state index contributed by atoms with van der Waals surface area (Å²) >= 11 is 0. The van der Waals surface area contributed by atoms with Gasteiger partial charge in [-0.05, 0) is 12.8 Å². The molecule has 2 heterocycles. The number of nitrogens with zero attached hydrogens (tertiary/aromatic N) is 1. The normalized spacial score (nSPS) is 26.8. The van der Waals surface area contributed by atoms with E-state index < -0.39 is 25.1 Å². The van der Waals surface area contributed by atoms with Gasteiger partial charge in [0.2, 0.25) is 15.9 Å². The Hall–Kier alpha value is -0.670. The van der Waals surface area contributed by atoms with E-state index in [-0.39, 0.29) is 43.3 Å². The molecule has 0 radical (unpaired) electrons. The molecular weight excluding hydrogens is 280 g/mol. The van der Waals surface area contributed by atoms with Gasteiger partial charge in [-0.2, -0.15) is 4.31 Å². The molecule has 2 saturated heterocycles. The number of hydrogen-bond donors (Lipinski definition) is 1. The molecule has 2 rings (SSSR count). The van der Waals surface area contributed by atoms with Crippen LogP contribution in [-0.2, 0) is 24.7 Å². The van der Waals surface area contributed by atoms with Crippen LogP contribution in [0.3, 0.4) is 0 Å². The fourth-order valence-electron chi connectivity index (χ4n) is 2.21. The van der Waals surface area contributed by atoms with Crippen molar-refractivity contribution in [2.45, 2.75) is 18.1 Å². The molecule has 0 aromatic rings. The Morgan fingerprint density at radius 3 is 2.39 bits per heavy atom. The van der Waals surface area contributed by atoms with Crippen molar-refractivity contribution in [1.82, 2.24) is 9.62 Å². The first-order chi connectivity index (χ1) is 8.31. The Morgan fingerprint density at radius 1 is 1.22 bits per heavy atom. The van der Waals surface area contributed by atoms with Gasteiger partial charge in [0.15, 0.2) is 0 Å². The first kappa shape index (κ1) is 13.8. The Labute approximate surface area is 107 Å². The van der Waals surface area contributed by atoms with Crippen molar-refractivity contribution in [2.24, 2.45) is 0 Å². The third kappa shape index (κ3) is 2.83. The van der Waals surface area contributed by atoms with E-state index in [0.29, 0.717) is 6.54 Å². The van der Waals surface area contributed by atoms with Crippen LogP contribution in [0.2, 0.25) is 0 Å². The highest BCUT2D eigenvalue weighted by Gasteiger charge is 2.38. The highest BCUT2D eigenvalue weighted by Crippen LogP contribution is 2.22. The molecule has 0 spiro atoms. The summed E-state index contributed by atoms with van der Waals surface area (Å²) in [6, 6.07) is 0. The first-order valence-corrected chi connectivity index (χ1v) is 9.10. The fourth-order valence-corrected chi connectivity index (χ4v) is 5.90. The first-order valence-electron chi connectivity index (χ1n) is 5.77. The van der Waals surface area contributed by atoms with Crippen molar-refractivity contribution in [2.75, 3.05) is 31.1 Å². The molecule has 0 saturated carbocycles. The van der Waals surface area contributed by atoms with Crippen LogP contribution in [0.5, 0.6) is 0 Å². The number of hydrogen-bond acceptors (Lipinski definition) is 5. The average Bonchev–Trinajstić information content (AvgIpc) is 2.28. The van der Waals surface area contributed by atoms with E-state index in [9.17, 15) is 21.6 Å². The zero-order chi connectivity index (χ0) is 13.4. The number of nitrogens with one attached hydrogen (secondary N) is 1. The number of rotatable bonds is 2. The van der Waals surface area contributed by atoms with Crippen LogP contribution in [0.4, 0.5) is 0 Å². The molecule has 0 aromatic carbocycles. The molecule has 0 aliphatic carbocycles. The van der Waals surface area contributed by atoms with Crippen LogP contribution in [0.25, 0.3) is 0 Å². The zero-order valence-corrected chi connectivity index (χ0v) is 11.5. The van der Waals surface area contributed by atoms with Gasteiger partial charge in [-0.15, -0.1) is 0 Å². The number of sulfone groups is 1. The largest absolute Gasteiger partial charge is 0.354 e. The summed E-state index contributed by atoms with van der Waals surface area (Å²) in [5.74, 6) is -0.485. The fraction of sp³-hybridized carbons (Fsp3) is 0.889. The molecule has 1 N–H and O–H groups in total. The molecule has 0 aromatic heterocycles. The van der Waals surface area contributed by atoms with E-state index in [1.807, 2.05) is 0 Å². The average molecular weight is 296 g/mol. The molecule has 0 bridgehead atoms. The molecule has 104 valence electrons.